The highest BCUT2D eigenvalue weighted by atomic mass is 79.9. The van der Waals surface area contributed by atoms with Crippen molar-refractivity contribution in [1.29, 1.82) is 0 Å². The third-order valence-corrected chi connectivity index (χ3v) is 4.69. The molecule has 0 saturated heterocycles. The van der Waals surface area contributed by atoms with E-state index in [1.54, 1.807) is 6.07 Å². The van der Waals surface area contributed by atoms with Gasteiger partial charge in [0, 0.05) is 16.7 Å². The summed E-state index contributed by atoms with van der Waals surface area (Å²) in [6.07, 6.45) is 1.08. The molecule has 0 bridgehead atoms. The zero-order valence-electron chi connectivity index (χ0n) is 11.3. The first-order valence-electron chi connectivity index (χ1n) is 6.18. The van der Waals surface area contributed by atoms with Crippen LogP contribution in [-0.2, 0) is 9.05 Å². The van der Waals surface area contributed by atoms with Crippen molar-refractivity contribution in [3.05, 3.63) is 32.8 Å². The SMILES string of the molecule is CC(CCOc1cc([N+](=O)[O-])ccc1Br)CCS(=O)(=O)Cl. The third kappa shape index (κ3) is 7.10. The molecule has 0 radical (unpaired) electrons. The quantitative estimate of drug-likeness (QED) is 0.377. The van der Waals surface area contributed by atoms with Crippen LogP contribution in [0.5, 0.6) is 5.75 Å². The van der Waals surface area contributed by atoms with Crippen LogP contribution in [0.1, 0.15) is 19.8 Å². The van der Waals surface area contributed by atoms with Crippen molar-refractivity contribution in [2.75, 3.05) is 12.4 Å². The molecule has 0 aromatic heterocycles. The maximum absolute atomic E-state index is 10.8. The van der Waals surface area contributed by atoms with E-state index >= 15 is 0 Å². The summed E-state index contributed by atoms with van der Waals surface area (Å²) in [5, 5.41) is 10.7. The van der Waals surface area contributed by atoms with Crippen molar-refractivity contribution in [2.24, 2.45) is 5.92 Å². The Balaban J connectivity index is 2.48. The van der Waals surface area contributed by atoms with Crippen LogP contribution in [0.3, 0.4) is 0 Å². The number of hydrogen-bond acceptors (Lipinski definition) is 5. The molecule has 118 valence electrons. The van der Waals surface area contributed by atoms with Crippen LogP contribution in [0.25, 0.3) is 0 Å². The van der Waals surface area contributed by atoms with Gasteiger partial charge in [-0.3, -0.25) is 10.1 Å². The Morgan fingerprint density at radius 1 is 1.43 bits per heavy atom. The summed E-state index contributed by atoms with van der Waals surface area (Å²) in [6.45, 7) is 2.23. The minimum atomic E-state index is -3.47. The molecule has 0 saturated carbocycles. The minimum absolute atomic E-state index is 0.0468. The monoisotopic (exact) mass is 399 g/mol. The molecule has 0 amide bonds. The van der Waals surface area contributed by atoms with Crippen molar-refractivity contribution in [3.8, 4) is 5.75 Å². The van der Waals surface area contributed by atoms with Crippen LogP contribution in [0, 0.1) is 16.0 Å². The van der Waals surface area contributed by atoms with Crippen LogP contribution in [-0.4, -0.2) is 25.7 Å². The van der Waals surface area contributed by atoms with Crippen LogP contribution < -0.4 is 4.74 Å². The number of ether oxygens (including phenoxy) is 1. The molecule has 1 unspecified atom stereocenters. The molecule has 0 spiro atoms. The van der Waals surface area contributed by atoms with Gasteiger partial charge >= 0.3 is 0 Å². The highest BCUT2D eigenvalue weighted by Gasteiger charge is 2.12. The molecular formula is C12H15BrClNO5S. The zero-order chi connectivity index (χ0) is 16.0. The molecule has 1 aromatic rings. The molecule has 0 heterocycles. The predicted octanol–water partition coefficient (Wildman–Crippen LogP) is 3.72. The average Bonchev–Trinajstić information content (AvgIpc) is 2.37. The van der Waals surface area contributed by atoms with Crippen LogP contribution in [0.2, 0.25) is 0 Å². The second-order valence-electron chi connectivity index (χ2n) is 4.65. The second-order valence-corrected chi connectivity index (χ2v) is 8.40. The first-order chi connectivity index (χ1) is 9.69. The maximum Gasteiger partial charge on any atom is 0.273 e. The number of hydrogen-bond donors (Lipinski definition) is 0. The summed E-state index contributed by atoms with van der Waals surface area (Å²) in [5.74, 6) is 0.438. The molecule has 1 aromatic carbocycles. The van der Waals surface area contributed by atoms with E-state index < -0.39 is 14.0 Å². The van der Waals surface area contributed by atoms with Gasteiger partial charge in [0.2, 0.25) is 9.05 Å². The van der Waals surface area contributed by atoms with E-state index in [0.717, 1.165) is 0 Å². The predicted molar refractivity (Wildman–Crippen MR) is 84.3 cm³/mol. The van der Waals surface area contributed by atoms with E-state index in [1.165, 1.54) is 12.1 Å². The number of rotatable bonds is 8. The molecule has 9 heteroatoms. The van der Waals surface area contributed by atoms with E-state index in [9.17, 15) is 18.5 Å². The number of non-ortho nitro benzene ring substituents is 1. The van der Waals surface area contributed by atoms with Gasteiger partial charge in [-0.2, -0.15) is 0 Å². The number of benzene rings is 1. The Morgan fingerprint density at radius 3 is 2.67 bits per heavy atom. The summed E-state index contributed by atoms with van der Waals surface area (Å²) in [5.41, 5.74) is -0.0468. The normalized spacial score (nSPS) is 12.9. The first-order valence-corrected chi connectivity index (χ1v) is 9.45. The van der Waals surface area contributed by atoms with Crippen molar-refractivity contribution in [3.63, 3.8) is 0 Å². The lowest BCUT2D eigenvalue weighted by Crippen LogP contribution is -2.08. The summed E-state index contributed by atoms with van der Waals surface area (Å²) < 4.78 is 27.8. The van der Waals surface area contributed by atoms with E-state index in [4.69, 9.17) is 15.4 Å². The van der Waals surface area contributed by atoms with Crippen molar-refractivity contribution >= 4 is 41.4 Å². The Bertz CT molecular complexity index is 608. The van der Waals surface area contributed by atoms with E-state index in [2.05, 4.69) is 15.9 Å². The van der Waals surface area contributed by atoms with Crippen molar-refractivity contribution in [1.82, 2.24) is 0 Å². The number of halogens is 2. The fraction of sp³-hybridized carbons (Fsp3) is 0.500. The summed E-state index contributed by atoms with van der Waals surface area (Å²) in [6, 6.07) is 4.28. The number of nitro benzene ring substituents is 1. The Kier molecular flexibility index (Phi) is 6.89. The molecule has 0 aliphatic carbocycles. The summed E-state index contributed by atoms with van der Waals surface area (Å²) in [7, 11) is 1.68. The minimum Gasteiger partial charge on any atom is -0.492 e. The van der Waals surface area contributed by atoms with Gasteiger partial charge in [0.05, 0.1) is 27.8 Å². The Hall–Kier alpha value is -0.860. The maximum atomic E-state index is 10.8. The number of nitrogens with zero attached hydrogens (tertiary/aromatic N) is 1. The first kappa shape index (κ1) is 18.2. The van der Waals surface area contributed by atoms with Gasteiger partial charge in [0.25, 0.3) is 5.69 Å². The molecule has 21 heavy (non-hydrogen) atoms. The topological polar surface area (TPSA) is 86.5 Å². The van der Waals surface area contributed by atoms with Gasteiger partial charge in [-0.15, -0.1) is 0 Å². The van der Waals surface area contributed by atoms with Crippen LogP contribution in [0.15, 0.2) is 22.7 Å². The molecule has 6 nitrogen and oxygen atoms in total. The molecule has 0 fully saturated rings. The lowest BCUT2D eigenvalue weighted by Gasteiger charge is -2.12. The average molecular weight is 401 g/mol. The van der Waals surface area contributed by atoms with E-state index in [-0.39, 0.29) is 17.4 Å². The lowest BCUT2D eigenvalue weighted by atomic mass is 10.1. The van der Waals surface area contributed by atoms with Gasteiger partial charge < -0.3 is 4.74 Å². The van der Waals surface area contributed by atoms with Gasteiger partial charge in [-0.1, -0.05) is 6.92 Å². The fourth-order valence-electron chi connectivity index (χ4n) is 1.57. The second kappa shape index (κ2) is 7.95. The molecular weight excluding hydrogens is 386 g/mol. The van der Waals surface area contributed by atoms with Crippen LogP contribution >= 0.6 is 26.6 Å². The standard InChI is InChI=1S/C12H15BrClNO5S/c1-9(5-7-21(14,18)19)4-6-20-12-8-10(15(16)17)2-3-11(12)13/h2-3,8-9H,4-7H2,1H3. The Morgan fingerprint density at radius 2 is 2.10 bits per heavy atom. The highest BCUT2D eigenvalue weighted by Crippen LogP contribution is 2.29. The Labute approximate surface area is 136 Å². The third-order valence-electron chi connectivity index (χ3n) is 2.85. The zero-order valence-corrected chi connectivity index (χ0v) is 14.4. The van der Waals surface area contributed by atoms with Gasteiger partial charge in [0.15, 0.2) is 0 Å². The van der Waals surface area contributed by atoms with E-state index in [1.807, 2.05) is 6.92 Å². The lowest BCUT2D eigenvalue weighted by molar-refractivity contribution is -0.385. The van der Waals surface area contributed by atoms with Crippen molar-refractivity contribution in [2.45, 2.75) is 19.8 Å². The van der Waals surface area contributed by atoms with Crippen LogP contribution in [0.4, 0.5) is 5.69 Å². The smallest absolute Gasteiger partial charge is 0.273 e. The molecule has 0 N–H and O–H groups in total. The van der Waals surface area contributed by atoms with Gasteiger partial charge in [-0.05, 0) is 40.8 Å². The molecule has 0 aliphatic heterocycles. The fourth-order valence-corrected chi connectivity index (χ4v) is 2.88. The summed E-state index contributed by atoms with van der Waals surface area (Å²) in [4.78, 5) is 10.2. The highest BCUT2D eigenvalue weighted by molar-refractivity contribution is 9.10. The van der Waals surface area contributed by atoms with Crippen molar-refractivity contribution < 1.29 is 18.1 Å². The van der Waals surface area contributed by atoms with Gasteiger partial charge in [0.1, 0.15) is 5.75 Å². The van der Waals surface area contributed by atoms with Gasteiger partial charge in [-0.25, -0.2) is 8.42 Å². The molecule has 0 aliphatic rings. The molecule has 1 rings (SSSR count). The molecule has 1 atom stereocenters. The number of nitro groups is 1. The van der Waals surface area contributed by atoms with E-state index in [0.29, 0.717) is 29.7 Å². The largest absolute Gasteiger partial charge is 0.492 e. The summed E-state index contributed by atoms with van der Waals surface area (Å²) >= 11 is 3.26.